The molecule has 1 amide bonds. The van der Waals surface area contributed by atoms with E-state index in [-0.39, 0.29) is 11.7 Å². The van der Waals surface area contributed by atoms with Gasteiger partial charge >= 0.3 is 0 Å². The highest BCUT2D eigenvalue weighted by atomic mass is 35.5. The molecule has 1 fully saturated rings. The van der Waals surface area contributed by atoms with E-state index in [1.165, 1.54) is 6.42 Å². The highest BCUT2D eigenvalue weighted by Crippen LogP contribution is 2.26. The van der Waals surface area contributed by atoms with Gasteiger partial charge in [0.05, 0.1) is 0 Å². The lowest BCUT2D eigenvalue weighted by Gasteiger charge is -2.37. The number of rotatable bonds is 5. The minimum Gasteiger partial charge on any atom is -0.508 e. The largest absolute Gasteiger partial charge is 0.508 e. The summed E-state index contributed by atoms with van der Waals surface area (Å²) in [6.07, 6.45) is 4.20. The van der Waals surface area contributed by atoms with E-state index in [1.807, 2.05) is 4.90 Å². The number of nitrogens with zero attached hydrogens (tertiary/aromatic N) is 1. The minimum absolute atomic E-state index is 0.0461. The fourth-order valence-corrected chi connectivity index (χ4v) is 2.27. The van der Waals surface area contributed by atoms with Crippen molar-refractivity contribution in [2.75, 3.05) is 12.4 Å². The third-order valence-corrected chi connectivity index (χ3v) is 3.69. The molecule has 1 saturated carbocycles. The second-order valence-electron chi connectivity index (χ2n) is 4.67. The first kappa shape index (κ1) is 13.2. The van der Waals surface area contributed by atoms with Crippen molar-refractivity contribution in [3.63, 3.8) is 0 Å². The Balaban J connectivity index is 2.08. The fourth-order valence-electron chi connectivity index (χ4n) is 2.15. The lowest BCUT2D eigenvalue weighted by atomic mass is 9.91. The number of carbonyl (C=O) groups is 1. The topological polar surface area (TPSA) is 40.5 Å². The second-order valence-corrected chi connectivity index (χ2v) is 5.05. The maximum Gasteiger partial charge on any atom is 0.254 e. The summed E-state index contributed by atoms with van der Waals surface area (Å²) in [4.78, 5) is 14.3. The van der Waals surface area contributed by atoms with Gasteiger partial charge in [-0.1, -0.05) is 0 Å². The van der Waals surface area contributed by atoms with Crippen LogP contribution in [-0.4, -0.2) is 34.4 Å². The molecule has 0 aromatic heterocycles. The molecular weight excluding hydrogens is 250 g/mol. The van der Waals surface area contributed by atoms with Gasteiger partial charge in [0.25, 0.3) is 5.91 Å². The molecule has 18 heavy (non-hydrogen) atoms. The maximum atomic E-state index is 12.4. The first-order chi connectivity index (χ1) is 8.72. The van der Waals surface area contributed by atoms with E-state index < -0.39 is 0 Å². The van der Waals surface area contributed by atoms with Crippen LogP contribution >= 0.6 is 11.6 Å². The van der Waals surface area contributed by atoms with Gasteiger partial charge in [0, 0.05) is 24.0 Å². The molecule has 2 rings (SSSR count). The smallest absolute Gasteiger partial charge is 0.254 e. The Labute approximate surface area is 112 Å². The SMILES string of the molecule is O=C(c1ccc(O)cc1)N(CCCCl)C1CCC1. The van der Waals surface area contributed by atoms with Gasteiger partial charge in [0.15, 0.2) is 0 Å². The van der Waals surface area contributed by atoms with Gasteiger partial charge in [0.1, 0.15) is 5.75 Å². The number of halogens is 1. The van der Waals surface area contributed by atoms with Gasteiger partial charge in [-0.15, -0.1) is 11.6 Å². The molecule has 0 bridgehead atoms. The lowest BCUT2D eigenvalue weighted by Crippen LogP contribution is -2.44. The number of alkyl halides is 1. The molecule has 3 nitrogen and oxygen atoms in total. The summed E-state index contributed by atoms with van der Waals surface area (Å²) in [5.74, 6) is 0.804. The highest BCUT2D eigenvalue weighted by molar-refractivity contribution is 6.17. The van der Waals surface area contributed by atoms with Crippen molar-refractivity contribution in [3.05, 3.63) is 29.8 Å². The van der Waals surface area contributed by atoms with Crippen molar-refractivity contribution >= 4 is 17.5 Å². The molecule has 1 aromatic carbocycles. The number of hydrogen-bond donors (Lipinski definition) is 1. The third kappa shape index (κ3) is 2.96. The summed E-state index contributed by atoms with van der Waals surface area (Å²) >= 11 is 5.71. The predicted molar refractivity (Wildman–Crippen MR) is 72.1 cm³/mol. The van der Waals surface area contributed by atoms with E-state index in [4.69, 9.17) is 11.6 Å². The van der Waals surface area contributed by atoms with Crippen molar-refractivity contribution < 1.29 is 9.90 Å². The number of phenols is 1. The van der Waals surface area contributed by atoms with Gasteiger partial charge in [-0.2, -0.15) is 0 Å². The number of amides is 1. The molecule has 1 aromatic rings. The summed E-state index contributed by atoms with van der Waals surface area (Å²) in [6.45, 7) is 0.716. The number of carbonyl (C=O) groups excluding carboxylic acids is 1. The minimum atomic E-state index is 0.0461. The van der Waals surface area contributed by atoms with Gasteiger partial charge in [-0.25, -0.2) is 0 Å². The van der Waals surface area contributed by atoms with E-state index in [0.717, 1.165) is 19.3 Å². The Morgan fingerprint density at radius 1 is 1.33 bits per heavy atom. The molecule has 0 spiro atoms. The fraction of sp³-hybridized carbons (Fsp3) is 0.500. The monoisotopic (exact) mass is 267 g/mol. The molecule has 4 heteroatoms. The van der Waals surface area contributed by atoms with E-state index in [0.29, 0.717) is 24.0 Å². The van der Waals surface area contributed by atoms with Crippen molar-refractivity contribution in [1.29, 1.82) is 0 Å². The van der Waals surface area contributed by atoms with Gasteiger partial charge in [0.2, 0.25) is 0 Å². The summed E-state index contributed by atoms with van der Waals surface area (Å²) in [5.41, 5.74) is 0.634. The summed E-state index contributed by atoms with van der Waals surface area (Å²) < 4.78 is 0. The Morgan fingerprint density at radius 2 is 2.00 bits per heavy atom. The number of benzene rings is 1. The van der Waals surface area contributed by atoms with E-state index in [1.54, 1.807) is 24.3 Å². The number of phenolic OH excluding ortho intramolecular Hbond substituents is 1. The van der Waals surface area contributed by atoms with Crippen LogP contribution in [0, 0.1) is 0 Å². The van der Waals surface area contributed by atoms with Crippen molar-refractivity contribution in [1.82, 2.24) is 4.90 Å². The van der Waals surface area contributed by atoms with Crippen LogP contribution in [0.4, 0.5) is 0 Å². The van der Waals surface area contributed by atoms with Crippen LogP contribution in [0.25, 0.3) is 0 Å². The zero-order valence-corrected chi connectivity index (χ0v) is 11.1. The van der Waals surface area contributed by atoms with E-state index in [2.05, 4.69) is 0 Å². The van der Waals surface area contributed by atoms with Crippen LogP contribution in [0.2, 0.25) is 0 Å². The molecule has 1 N–H and O–H groups in total. The zero-order chi connectivity index (χ0) is 13.0. The zero-order valence-electron chi connectivity index (χ0n) is 10.3. The Hall–Kier alpha value is -1.22. The molecule has 98 valence electrons. The van der Waals surface area contributed by atoms with Crippen LogP contribution in [0.15, 0.2) is 24.3 Å². The number of aromatic hydroxyl groups is 1. The standard InChI is InChI=1S/C14H18ClNO2/c15-9-2-10-16(12-3-1-4-12)14(18)11-5-7-13(17)8-6-11/h5-8,12,17H,1-4,9-10H2. The molecule has 1 aliphatic carbocycles. The van der Waals surface area contributed by atoms with Crippen molar-refractivity contribution in [2.24, 2.45) is 0 Å². The number of hydrogen-bond acceptors (Lipinski definition) is 2. The molecule has 0 aliphatic heterocycles. The van der Waals surface area contributed by atoms with Crippen LogP contribution in [0.1, 0.15) is 36.0 Å². The molecule has 0 heterocycles. The molecule has 1 aliphatic rings. The van der Waals surface area contributed by atoms with Crippen LogP contribution in [0.5, 0.6) is 5.75 Å². The quantitative estimate of drug-likeness (QED) is 0.833. The van der Waals surface area contributed by atoms with Gasteiger partial charge in [-0.05, 0) is 49.9 Å². The Morgan fingerprint density at radius 3 is 2.50 bits per heavy atom. The van der Waals surface area contributed by atoms with Crippen molar-refractivity contribution in [3.8, 4) is 5.75 Å². The average Bonchev–Trinajstić information content (AvgIpc) is 2.32. The summed E-state index contributed by atoms with van der Waals surface area (Å²) in [5, 5.41) is 9.24. The first-order valence-electron chi connectivity index (χ1n) is 6.38. The summed E-state index contributed by atoms with van der Waals surface area (Å²) in [6, 6.07) is 6.81. The van der Waals surface area contributed by atoms with Crippen molar-refractivity contribution in [2.45, 2.75) is 31.7 Å². The maximum absolute atomic E-state index is 12.4. The normalized spacial score (nSPS) is 15.2. The first-order valence-corrected chi connectivity index (χ1v) is 6.92. The molecule has 0 unspecified atom stereocenters. The van der Waals surface area contributed by atoms with Crippen LogP contribution in [0.3, 0.4) is 0 Å². The predicted octanol–water partition coefficient (Wildman–Crippen LogP) is 3.02. The highest BCUT2D eigenvalue weighted by Gasteiger charge is 2.28. The lowest BCUT2D eigenvalue weighted by molar-refractivity contribution is 0.0581. The summed E-state index contributed by atoms with van der Waals surface area (Å²) in [7, 11) is 0. The third-order valence-electron chi connectivity index (χ3n) is 3.42. The van der Waals surface area contributed by atoms with E-state index >= 15 is 0 Å². The Bertz CT molecular complexity index is 401. The Kier molecular flexibility index (Phi) is 4.48. The molecule has 0 saturated heterocycles. The average molecular weight is 268 g/mol. The van der Waals surface area contributed by atoms with Gasteiger partial charge < -0.3 is 10.0 Å². The van der Waals surface area contributed by atoms with Crippen LogP contribution in [-0.2, 0) is 0 Å². The molecule has 0 atom stereocenters. The van der Waals surface area contributed by atoms with Crippen LogP contribution < -0.4 is 0 Å². The molecular formula is C14H18ClNO2. The second kappa shape index (κ2) is 6.10. The van der Waals surface area contributed by atoms with Gasteiger partial charge in [-0.3, -0.25) is 4.79 Å². The van der Waals surface area contributed by atoms with E-state index in [9.17, 15) is 9.90 Å². The molecule has 0 radical (unpaired) electrons.